The van der Waals surface area contributed by atoms with Crippen molar-refractivity contribution in [2.24, 2.45) is 5.73 Å². The number of aromatic nitrogens is 1. The van der Waals surface area contributed by atoms with Crippen LogP contribution in [0.25, 0.3) is 0 Å². The number of carbonyl (C=O) groups is 3. The summed E-state index contributed by atoms with van der Waals surface area (Å²) in [5.41, 5.74) is 5.60. The van der Waals surface area contributed by atoms with Crippen molar-refractivity contribution in [1.82, 2.24) is 14.6 Å². The molecular weight excluding hydrogens is 428 g/mol. The fourth-order valence-electron chi connectivity index (χ4n) is 3.19. The number of nitrogens with zero attached hydrogens (tertiary/aromatic N) is 2. The van der Waals surface area contributed by atoms with Gasteiger partial charge in [-0.1, -0.05) is 6.07 Å². The number of pyridine rings is 1. The summed E-state index contributed by atoms with van der Waals surface area (Å²) in [6, 6.07) is 4.74. The minimum absolute atomic E-state index is 0.0160. The lowest BCUT2D eigenvalue weighted by Gasteiger charge is -2.28. The van der Waals surface area contributed by atoms with Crippen LogP contribution in [0.2, 0.25) is 0 Å². The van der Waals surface area contributed by atoms with Crippen molar-refractivity contribution in [3.63, 3.8) is 0 Å². The predicted octanol–water partition coefficient (Wildman–Crippen LogP) is 0.527. The fourth-order valence-corrected chi connectivity index (χ4v) is 5.55. The summed E-state index contributed by atoms with van der Waals surface area (Å²) in [6.45, 7) is 0.526. The van der Waals surface area contributed by atoms with E-state index in [0.717, 1.165) is 6.42 Å². The number of sulfonamides is 1. The molecule has 3 heterocycles. The van der Waals surface area contributed by atoms with E-state index in [9.17, 15) is 22.8 Å². The number of nitrogens with one attached hydrogen (secondary N) is 1. The maximum atomic E-state index is 13.2. The van der Waals surface area contributed by atoms with Crippen molar-refractivity contribution in [3.8, 4) is 0 Å². The molecule has 1 radical (unpaired) electrons. The van der Waals surface area contributed by atoms with Crippen molar-refractivity contribution in [2.75, 3.05) is 13.1 Å². The second kappa shape index (κ2) is 9.45. The molecule has 1 saturated heterocycles. The van der Waals surface area contributed by atoms with E-state index in [1.807, 2.05) is 0 Å². The molecule has 0 unspecified atom stereocenters. The molecule has 30 heavy (non-hydrogen) atoms. The van der Waals surface area contributed by atoms with E-state index in [1.165, 1.54) is 29.7 Å². The van der Waals surface area contributed by atoms with E-state index >= 15 is 0 Å². The smallest absolute Gasteiger partial charge is 0.284 e. The molecular formula is C19H21N4O5S2. The Bertz CT molecular complexity index is 1040. The number of amides is 2. The first-order chi connectivity index (χ1) is 14.3. The molecule has 11 heteroatoms. The first-order valence-corrected chi connectivity index (χ1v) is 11.6. The van der Waals surface area contributed by atoms with Gasteiger partial charge in [0.1, 0.15) is 6.04 Å². The number of carbonyl (C=O) groups excluding carboxylic acids is 3. The monoisotopic (exact) mass is 449 g/mol. The van der Waals surface area contributed by atoms with Crippen LogP contribution in [-0.2, 0) is 26.0 Å². The van der Waals surface area contributed by atoms with Crippen LogP contribution in [-0.4, -0.2) is 54.4 Å². The van der Waals surface area contributed by atoms with Gasteiger partial charge in [-0.2, -0.15) is 8.42 Å². The van der Waals surface area contributed by atoms with E-state index in [0.29, 0.717) is 22.1 Å². The van der Waals surface area contributed by atoms with Gasteiger partial charge in [-0.25, -0.2) is 9.29 Å². The highest BCUT2D eigenvalue weighted by molar-refractivity contribution is 7.89. The minimum atomic E-state index is -4.36. The SMILES string of the molecule is NC(=O)c1ccsc1C[CH]C(=O)N([C@H]1CCCNCC1=O)S(=O)(=O)c1ccccn1. The maximum absolute atomic E-state index is 13.2. The van der Waals surface area contributed by atoms with Crippen LogP contribution in [0.15, 0.2) is 40.9 Å². The van der Waals surface area contributed by atoms with Gasteiger partial charge in [0.05, 0.1) is 18.5 Å². The van der Waals surface area contributed by atoms with Crippen molar-refractivity contribution < 1.29 is 22.8 Å². The zero-order valence-electron chi connectivity index (χ0n) is 16.0. The number of Topliss-reactive ketones (excluding diaryl/α,β-unsaturated/α-hetero) is 1. The van der Waals surface area contributed by atoms with Gasteiger partial charge in [0.15, 0.2) is 10.8 Å². The van der Waals surface area contributed by atoms with Crippen LogP contribution < -0.4 is 11.1 Å². The summed E-state index contributed by atoms with van der Waals surface area (Å²) >= 11 is 1.23. The molecule has 1 atom stereocenters. The third-order valence-electron chi connectivity index (χ3n) is 4.64. The number of nitrogens with two attached hydrogens (primary N) is 1. The van der Waals surface area contributed by atoms with E-state index < -0.39 is 27.9 Å². The van der Waals surface area contributed by atoms with Gasteiger partial charge in [-0.05, 0) is 49.4 Å². The maximum Gasteiger partial charge on any atom is 0.284 e. The van der Waals surface area contributed by atoms with Gasteiger partial charge >= 0.3 is 0 Å². The number of thiophene rings is 1. The zero-order chi connectivity index (χ0) is 21.7. The largest absolute Gasteiger partial charge is 0.366 e. The molecule has 3 N–H and O–H groups in total. The normalized spacial score (nSPS) is 17.3. The first-order valence-electron chi connectivity index (χ1n) is 9.24. The van der Waals surface area contributed by atoms with Gasteiger partial charge < -0.3 is 11.1 Å². The van der Waals surface area contributed by atoms with Gasteiger partial charge in [0.25, 0.3) is 10.0 Å². The van der Waals surface area contributed by atoms with Crippen molar-refractivity contribution >= 4 is 39.0 Å². The standard InChI is InChI=1S/C19H21N4O5S2/c20-19(26)13-8-11-29-16(13)6-7-18(25)23(14-4-3-9-21-12-15(14)24)30(27,28)17-5-1-2-10-22-17/h1-2,5,7-8,10-11,14,21H,3-4,6,9,12H2,(H2,20,26)/t14-/m0/s1. The second-order valence-electron chi connectivity index (χ2n) is 6.64. The number of rotatable bonds is 7. The van der Waals surface area contributed by atoms with Crippen LogP contribution in [0.5, 0.6) is 0 Å². The summed E-state index contributed by atoms with van der Waals surface area (Å²) in [5.74, 6) is -1.86. The number of hydrogen-bond acceptors (Lipinski definition) is 8. The summed E-state index contributed by atoms with van der Waals surface area (Å²) in [7, 11) is -4.36. The molecule has 0 aliphatic carbocycles. The Morgan fingerprint density at radius 3 is 2.83 bits per heavy atom. The summed E-state index contributed by atoms with van der Waals surface area (Å²) < 4.78 is 27.1. The summed E-state index contributed by atoms with van der Waals surface area (Å²) in [4.78, 5) is 41.6. The molecule has 2 aromatic rings. The molecule has 159 valence electrons. The lowest BCUT2D eigenvalue weighted by molar-refractivity contribution is -0.131. The molecule has 1 aliphatic rings. The zero-order valence-corrected chi connectivity index (χ0v) is 17.6. The average molecular weight is 450 g/mol. The first kappa shape index (κ1) is 22.1. The third-order valence-corrected chi connectivity index (χ3v) is 7.30. The number of ketones is 1. The van der Waals surface area contributed by atoms with Gasteiger partial charge in [-0.3, -0.25) is 14.4 Å². The Labute approximate surface area is 178 Å². The quantitative estimate of drug-likeness (QED) is 0.628. The summed E-state index contributed by atoms with van der Waals surface area (Å²) in [5, 5.41) is 4.28. The average Bonchev–Trinajstić information content (AvgIpc) is 3.11. The molecule has 0 spiro atoms. The molecule has 3 rings (SSSR count). The Morgan fingerprint density at radius 1 is 1.33 bits per heavy atom. The minimum Gasteiger partial charge on any atom is -0.366 e. The topological polar surface area (TPSA) is 140 Å². The van der Waals surface area contributed by atoms with E-state index in [2.05, 4.69) is 10.3 Å². The molecule has 0 aromatic carbocycles. The van der Waals surface area contributed by atoms with Crippen LogP contribution in [0.3, 0.4) is 0 Å². The molecule has 1 fully saturated rings. The summed E-state index contributed by atoms with van der Waals surface area (Å²) in [6.07, 6.45) is 3.23. The van der Waals surface area contributed by atoms with Crippen LogP contribution >= 0.6 is 11.3 Å². The van der Waals surface area contributed by atoms with Crippen molar-refractivity contribution in [3.05, 3.63) is 52.7 Å². The second-order valence-corrected chi connectivity index (χ2v) is 9.40. The Kier molecular flexibility index (Phi) is 6.95. The number of hydrogen-bond donors (Lipinski definition) is 2. The van der Waals surface area contributed by atoms with E-state index in [1.54, 1.807) is 17.5 Å². The molecule has 0 bridgehead atoms. The van der Waals surface area contributed by atoms with Gasteiger partial charge in [0, 0.05) is 11.1 Å². The van der Waals surface area contributed by atoms with Crippen molar-refractivity contribution in [2.45, 2.75) is 30.3 Å². The highest BCUT2D eigenvalue weighted by atomic mass is 32.2. The highest BCUT2D eigenvalue weighted by Crippen LogP contribution is 2.24. The molecule has 9 nitrogen and oxygen atoms in total. The predicted molar refractivity (Wildman–Crippen MR) is 110 cm³/mol. The third kappa shape index (κ3) is 4.74. The highest BCUT2D eigenvalue weighted by Gasteiger charge is 2.40. The lowest BCUT2D eigenvalue weighted by atomic mass is 10.1. The fraction of sp³-hybridized carbons (Fsp3) is 0.316. The Hall–Kier alpha value is -2.63. The van der Waals surface area contributed by atoms with E-state index in [-0.39, 0.29) is 35.8 Å². The van der Waals surface area contributed by atoms with Crippen LogP contribution in [0.1, 0.15) is 28.1 Å². The van der Waals surface area contributed by atoms with Gasteiger partial charge in [-0.15, -0.1) is 11.3 Å². The molecule has 2 amide bonds. The molecule has 2 aromatic heterocycles. The van der Waals surface area contributed by atoms with Crippen molar-refractivity contribution in [1.29, 1.82) is 0 Å². The van der Waals surface area contributed by atoms with Gasteiger partial charge in [0.2, 0.25) is 11.8 Å². The Balaban J connectivity index is 1.92. The Morgan fingerprint density at radius 2 is 2.13 bits per heavy atom. The van der Waals surface area contributed by atoms with Crippen LogP contribution in [0.4, 0.5) is 0 Å². The van der Waals surface area contributed by atoms with E-state index in [4.69, 9.17) is 5.73 Å². The molecule has 1 aliphatic heterocycles. The lowest BCUT2D eigenvalue weighted by Crippen LogP contribution is -2.50. The van der Waals surface area contributed by atoms with Crippen LogP contribution in [0, 0.1) is 6.42 Å². The molecule has 0 saturated carbocycles. The number of primary amides is 1.